The molecule has 22 heavy (non-hydrogen) atoms. The van der Waals surface area contributed by atoms with Crippen LogP contribution in [-0.2, 0) is 6.61 Å². The van der Waals surface area contributed by atoms with Crippen LogP contribution in [0.3, 0.4) is 0 Å². The number of nitrogens with zero attached hydrogens (tertiary/aromatic N) is 1. The SMILES string of the molecule is C[C@H](CO)NC(=O)c1cc(COc2c(F)cccc2F)on1. The van der Waals surface area contributed by atoms with Gasteiger partial charge in [0.25, 0.3) is 5.91 Å². The summed E-state index contributed by atoms with van der Waals surface area (Å²) in [4.78, 5) is 11.7. The number of aliphatic hydroxyl groups excluding tert-OH is 1. The summed E-state index contributed by atoms with van der Waals surface area (Å²) in [7, 11) is 0. The number of hydrogen-bond donors (Lipinski definition) is 2. The molecule has 0 aliphatic heterocycles. The normalized spacial score (nSPS) is 12.0. The van der Waals surface area contributed by atoms with Crippen LogP contribution in [0.2, 0.25) is 0 Å². The highest BCUT2D eigenvalue weighted by Crippen LogP contribution is 2.22. The maximum Gasteiger partial charge on any atom is 0.273 e. The van der Waals surface area contributed by atoms with Crippen molar-refractivity contribution in [1.29, 1.82) is 0 Å². The predicted octanol–water partition coefficient (Wildman–Crippen LogP) is 1.64. The van der Waals surface area contributed by atoms with Crippen molar-refractivity contribution in [1.82, 2.24) is 10.5 Å². The molecule has 0 spiro atoms. The van der Waals surface area contributed by atoms with Crippen molar-refractivity contribution < 1.29 is 27.9 Å². The maximum atomic E-state index is 13.4. The number of carbonyl (C=O) groups excluding carboxylic acids is 1. The molecule has 2 aromatic rings. The summed E-state index contributed by atoms with van der Waals surface area (Å²) < 4.78 is 36.6. The first kappa shape index (κ1) is 15.9. The standard InChI is InChI=1S/C14H14F2N2O4/c1-8(6-19)17-14(20)12-5-9(22-18-12)7-21-13-10(15)3-2-4-11(13)16/h2-5,8,19H,6-7H2,1H3,(H,17,20)/t8-/m1/s1. The number of rotatable bonds is 6. The number of halogens is 2. The zero-order chi connectivity index (χ0) is 16.1. The highest BCUT2D eigenvalue weighted by atomic mass is 19.1. The topological polar surface area (TPSA) is 84.6 Å². The quantitative estimate of drug-likeness (QED) is 0.847. The minimum Gasteiger partial charge on any atom is -0.479 e. The van der Waals surface area contributed by atoms with Gasteiger partial charge in [0.1, 0.15) is 6.61 Å². The van der Waals surface area contributed by atoms with Gasteiger partial charge in [-0.15, -0.1) is 0 Å². The fraction of sp³-hybridized carbons (Fsp3) is 0.286. The van der Waals surface area contributed by atoms with Crippen LogP contribution in [0.25, 0.3) is 0 Å². The van der Waals surface area contributed by atoms with E-state index in [0.717, 1.165) is 12.1 Å². The van der Waals surface area contributed by atoms with Crippen LogP contribution in [0.15, 0.2) is 28.8 Å². The first-order valence-electron chi connectivity index (χ1n) is 6.45. The number of ether oxygens (including phenoxy) is 1. The van der Waals surface area contributed by atoms with Crippen LogP contribution in [-0.4, -0.2) is 28.8 Å². The van der Waals surface area contributed by atoms with Crippen LogP contribution >= 0.6 is 0 Å². The van der Waals surface area contributed by atoms with Gasteiger partial charge in [0.2, 0.25) is 0 Å². The molecule has 1 aromatic heterocycles. The Morgan fingerprint density at radius 3 is 2.77 bits per heavy atom. The van der Waals surface area contributed by atoms with Crippen LogP contribution in [0, 0.1) is 11.6 Å². The van der Waals surface area contributed by atoms with Crippen LogP contribution in [0.4, 0.5) is 8.78 Å². The van der Waals surface area contributed by atoms with E-state index in [4.69, 9.17) is 14.4 Å². The van der Waals surface area contributed by atoms with E-state index in [1.54, 1.807) is 6.92 Å². The molecule has 0 aliphatic carbocycles. The lowest BCUT2D eigenvalue weighted by Crippen LogP contribution is -2.35. The smallest absolute Gasteiger partial charge is 0.273 e. The van der Waals surface area contributed by atoms with Gasteiger partial charge in [0, 0.05) is 12.1 Å². The van der Waals surface area contributed by atoms with Gasteiger partial charge in [-0.1, -0.05) is 11.2 Å². The second-order valence-electron chi connectivity index (χ2n) is 4.58. The zero-order valence-electron chi connectivity index (χ0n) is 11.7. The van der Waals surface area contributed by atoms with E-state index in [1.165, 1.54) is 12.1 Å². The van der Waals surface area contributed by atoms with Gasteiger partial charge >= 0.3 is 0 Å². The molecule has 0 radical (unpaired) electrons. The highest BCUT2D eigenvalue weighted by molar-refractivity contribution is 5.92. The third-order valence-electron chi connectivity index (χ3n) is 2.72. The lowest BCUT2D eigenvalue weighted by Gasteiger charge is -2.08. The minimum atomic E-state index is -0.839. The molecule has 0 saturated heterocycles. The van der Waals surface area contributed by atoms with E-state index < -0.39 is 29.3 Å². The third-order valence-corrected chi connectivity index (χ3v) is 2.72. The van der Waals surface area contributed by atoms with Crippen molar-refractivity contribution in [2.24, 2.45) is 0 Å². The molecule has 1 heterocycles. The van der Waals surface area contributed by atoms with Gasteiger partial charge in [-0.25, -0.2) is 8.78 Å². The Bertz CT molecular complexity index is 640. The molecule has 0 bridgehead atoms. The van der Waals surface area contributed by atoms with E-state index in [0.29, 0.717) is 0 Å². The second-order valence-corrected chi connectivity index (χ2v) is 4.58. The average molecular weight is 312 g/mol. The van der Waals surface area contributed by atoms with Gasteiger partial charge in [-0.2, -0.15) is 0 Å². The summed E-state index contributed by atoms with van der Waals surface area (Å²) in [6.45, 7) is 1.11. The van der Waals surface area contributed by atoms with Crippen LogP contribution in [0.1, 0.15) is 23.2 Å². The molecule has 2 N–H and O–H groups in total. The van der Waals surface area contributed by atoms with Crippen molar-refractivity contribution in [3.05, 3.63) is 47.4 Å². The number of benzene rings is 1. The summed E-state index contributed by atoms with van der Waals surface area (Å²) in [6.07, 6.45) is 0. The lowest BCUT2D eigenvalue weighted by atomic mass is 10.3. The van der Waals surface area contributed by atoms with E-state index >= 15 is 0 Å². The third kappa shape index (κ3) is 3.79. The molecule has 0 fully saturated rings. The molecular formula is C14H14F2N2O4. The monoisotopic (exact) mass is 312 g/mol. The molecule has 6 nitrogen and oxygen atoms in total. The van der Waals surface area contributed by atoms with Crippen molar-refractivity contribution in [2.75, 3.05) is 6.61 Å². The molecule has 118 valence electrons. The van der Waals surface area contributed by atoms with Gasteiger partial charge < -0.3 is 19.7 Å². The number of aromatic nitrogens is 1. The Labute approximate surface area is 124 Å². The number of hydrogen-bond acceptors (Lipinski definition) is 5. The van der Waals surface area contributed by atoms with Gasteiger partial charge in [0.15, 0.2) is 28.8 Å². The number of aliphatic hydroxyl groups is 1. The summed E-state index contributed by atoms with van der Waals surface area (Å²) in [5.41, 5.74) is -0.0205. The Morgan fingerprint density at radius 2 is 2.14 bits per heavy atom. The molecule has 0 saturated carbocycles. The Balaban J connectivity index is 1.99. The zero-order valence-corrected chi connectivity index (χ0v) is 11.7. The molecule has 2 rings (SSSR count). The Kier molecular flexibility index (Phi) is 5.05. The Hall–Kier alpha value is -2.48. The molecule has 1 aromatic carbocycles. The number of nitrogens with one attached hydrogen (secondary N) is 1. The van der Waals surface area contributed by atoms with Crippen molar-refractivity contribution in [2.45, 2.75) is 19.6 Å². The maximum absolute atomic E-state index is 13.4. The van der Waals surface area contributed by atoms with Gasteiger partial charge in [-0.3, -0.25) is 4.79 Å². The van der Waals surface area contributed by atoms with Crippen molar-refractivity contribution >= 4 is 5.91 Å². The van der Waals surface area contributed by atoms with Crippen molar-refractivity contribution in [3.8, 4) is 5.75 Å². The molecular weight excluding hydrogens is 298 g/mol. The van der Waals surface area contributed by atoms with Gasteiger partial charge in [0.05, 0.1) is 6.61 Å². The van der Waals surface area contributed by atoms with E-state index in [-0.39, 0.29) is 24.7 Å². The number of carbonyl (C=O) groups is 1. The molecule has 8 heteroatoms. The fourth-order valence-electron chi connectivity index (χ4n) is 1.60. The average Bonchev–Trinajstić information content (AvgIpc) is 2.95. The van der Waals surface area contributed by atoms with E-state index in [1.807, 2.05) is 0 Å². The van der Waals surface area contributed by atoms with E-state index in [9.17, 15) is 13.6 Å². The highest BCUT2D eigenvalue weighted by Gasteiger charge is 2.16. The fourth-order valence-corrected chi connectivity index (χ4v) is 1.60. The molecule has 0 unspecified atom stereocenters. The van der Waals surface area contributed by atoms with E-state index in [2.05, 4.69) is 10.5 Å². The molecule has 0 aliphatic rings. The predicted molar refractivity (Wildman–Crippen MR) is 71.2 cm³/mol. The molecule has 1 amide bonds. The van der Waals surface area contributed by atoms with Crippen LogP contribution < -0.4 is 10.1 Å². The number of amides is 1. The lowest BCUT2D eigenvalue weighted by molar-refractivity contribution is 0.0913. The minimum absolute atomic E-state index is 0.0205. The summed E-state index contributed by atoms with van der Waals surface area (Å²) in [5, 5.41) is 14.9. The largest absolute Gasteiger partial charge is 0.479 e. The van der Waals surface area contributed by atoms with Gasteiger partial charge in [-0.05, 0) is 19.1 Å². The summed E-state index contributed by atoms with van der Waals surface area (Å²) >= 11 is 0. The second kappa shape index (κ2) is 6.99. The first-order chi connectivity index (χ1) is 10.5. The van der Waals surface area contributed by atoms with Crippen LogP contribution in [0.5, 0.6) is 5.75 Å². The summed E-state index contributed by atoms with van der Waals surface area (Å²) in [5.74, 6) is -2.61. The Morgan fingerprint density at radius 1 is 1.45 bits per heavy atom. The number of para-hydroxylation sites is 1. The summed E-state index contributed by atoms with van der Waals surface area (Å²) in [6, 6.07) is 4.20. The molecule has 1 atom stereocenters. The first-order valence-corrected chi connectivity index (χ1v) is 6.45. The van der Waals surface area contributed by atoms with Crippen molar-refractivity contribution in [3.63, 3.8) is 0 Å².